The number of fused-ring (bicyclic) bond motifs is 1. The number of aromatic nitrogens is 1. The molecule has 0 bridgehead atoms. The van der Waals surface area contributed by atoms with Gasteiger partial charge >= 0.3 is 24.0 Å². The molecule has 1 aromatic carbocycles. The van der Waals surface area contributed by atoms with Crippen LogP contribution in [-0.2, 0) is 40.9 Å². The van der Waals surface area contributed by atoms with Crippen LogP contribution in [-0.4, -0.2) is 58.8 Å². The lowest BCUT2D eigenvalue weighted by Crippen LogP contribution is -2.54. The Balaban J connectivity index is 2.58. The van der Waals surface area contributed by atoms with E-state index in [-0.39, 0.29) is 30.0 Å². The molecular formula is C30H43F2N3O7. The molecular weight excluding hydrogens is 552 g/mol. The summed E-state index contributed by atoms with van der Waals surface area (Å²) in [5, 5.41) is 5.39. The van der Waals surface area contributed by atoms with Crippen LogP contribution in [0.4, 0.5) is 13.6 Å². The zero-order valence-corrected chi connectivity index (χ0v) is 25.8. The van der Waals surface area contributed by atoms with Gasteiger partial charge in [-0.05, 0) is 72.4 Å². The molecule has 0 aliphatic heterocycles. The summed E-state index contributed by atoms with van der Waals surface area (Å²) in [4.78, 5) is 54.3. The van der Waals surface area contributed by atoms with E-state index in [1.54, 1.807) is 65.8 Å². The van der Waals surface area contributed by atoms with Crippen molar-refractivity contribution in [2.45, 2.75) is 104 Å². The molecule has 0 saturated heterocycles. The number of benzene rings is 1. The summed E-state index contributed by atoms with van der Waals surface area (Å²) in [6.45, 7) is 14.8. The zero-order chi connectivity index (χ0) is 32.0. The molecule has 10 nitrogen and oxygen atoms in total. The van der Waals surface area contributed by atoms with Crippen LogP contribution in [0.2, 0.25) is 0 Å². The molecule has 2 aromatic rings. The molecule has 0 saturated carbocycles. The van der Waals surface area contributed by atoms with E-state index in [1.165, 1.54) is 6.92 Å². The number of halogens is 2. The second-order valence-electron chi connectivity index (χ2n) is 12.4. The molecule has 42 heavy (non-hydrogen) atoms. The van der Waals surface area contributed by atoms with Gasteiger partial charge in [0.05, 0.1) is 6.61 Å². The number of ether oxygens (including phenoxy) is 3. The Hall–Kier alpha value is -3.70. The average molecular weight is 596 g/mol. The fourth-order valence-corrected chi connectivity index (χ4v) is 4.20. The molecule has 1 unspecified atom stereocenters. The van der Waals surface area contributed by atoms with Gasteiger partial charge in [0.25, 0.3) is 0 Å². The molecule has 0 fully saturated rings. The number of aromatic amines is 1. The first-order chi connectivity index (χ1) is 19.2. The summed E-state index contributed by atoms with van der Waals surface area (Å²) in [6, 6.07) is 3.77. The first-order valence-electron chi connectivity index (χ1n) is 13.9. The van der Waals surface area contributed by atoms with Gasteiger partial charge in [0.1, 0.15) is 29.0 Å². The molecule has 1 heterocycles. The van der Waals surface area contributed by atoms with Crippen molar-refractivity contribution < 1.29 is 42.2 Å². The largest absolute Gasteiger partial charge is 0.461 e. The van der Waals surface area contributed by atoms with Gasteiger partial charge in [-0.15, -0.1) is 0 Å². The third-order valence-corrected chi connectivity index (χ3v) is 5.79. The Morgan fingerprint density at radius 2 is 1.50 bits per heavy atom. The molecule has 234 valence electrons. The molecule has 2 rings (SSSR count). The SMILES string of the molecule is CCOC(=O)C(F)(F)c1[nH]c2ccccc2c1CC(NC(=O)OC(C)(C)C)C(=O)N[C@@H](CC(C)C)C(=O)OC(C)(C)C. The molecule has 2 amide bonds. The number of rotatable bonds is 11. The van der Waals surface area contributed by atoms with Crippen LogP contribution in [0.25, 0.3) is 10.9 Å². The average Bonchev–Trinajstić information content (AvgIpc) is 3.20. The predicted molar refractivity (Wildman–Crippen MR) is 153 cm³/mol. The van der Waals surface area contributed by atoms with Crippen LogP contribution >= 0.6 is 0 Å². The van der Waals surface area contributed by atoms with Gasteiger partial charge in [0.15, 0.2) is 0 Å². The van der Waals surface area contributed by atoms with Gasteiger partial charge in [-0.25, -0.2) is 14.4 Å². The maximum absolute atomic E-state index is 15.4. The highest BCUT2D eigenvalue weighted by atomic mass is 19.3. The van der Waals surface area contributed by atoms with Crippen LogP contribution < -0.4 is 10.6 Å². The molecule has 0 radical (unpaired) electrons. The van der Waals surface area contributed by atoms with Gasteiger partial charge in [-0.1, -0.05) is 32.0 Å². The van der Waals surface area contributed by atoms with Crippen LogP contribution in [0, 0.1) is 5.92 Å². The molecule has 0 aliphatic rings. The Morgan fingerprint density at radius 3 is 2.05 bits per heavy atom. The van der Waals surface area contributed by atoms with Crippen molar-refractivity contribution in [2.75, 3.05) is 6.61 Å². The molecule has 1 aromatic heterocycles. The van der Waals surface area contributed by atoms with E-state index < -0.39 is 65.3 Å². The van der Waals surface area contributed by atoms with Crippen molar-refractivity contribution in [1.82, 2.24) is 15.6 Å². The lowest BCUT2D eigenvalue weighted by Gasteiger charge is -2.28. The van der Waals surface area contributed by atoms with Gasteiger partial charge < -0.3 is 29.8 Å². The minimum Gasteiger partial charge on any atom is -0.461 e. The first-order valence-corrected chi connectivity index (χ1v) is 13.9. The number of alkyl carbamates (subject to hydrolysis) is 1. The molecule has 2 atom stereocenters. The lowest BCUT2D eigenvalue weighted by atomic mass is 9.98. The van der Waals surface area contributed by atoms with Crippen molar-refractivity contribution in [3.63, 3.8) is 0 Å². The number of hydrogen-bond acceptors (Lipinski definition) is 7. The van der Waals surface area contributed by atoms with Crippen molar-refractivity contribution in [3.8, 4) is 0 Å². The number of alkyl halides is 2. The number of H-pyrrole nitrogens is 1. The van der Waals surface area contributed by atoms with Crippen LogP contribution in [0.3, 0.4) is 0 Å². The minimum absolute atomic E-state index is 0.0245. The second-order valence-corrected chi connectivity index (χ2v) is 12.4. The van der Waals surface area contributed by atoms with E-state index in [2.05, 4.69) is 20.4 Å². The summed E-state index contributed by atoms with van der Waals surface area (Å²) >= 11 is 0. The first kappa shape index (κ1) is 34.5. The number of carbonyl (C=O) groups excluding carboxylic acids is 4. The number of esters is 2. The maximum atomic E-state index is 15.4. The number of para-hydroxylation sites is 1. The number of amides is 2. The molecule has 12 heteroatoms. The maximum Gasteiger partial charge on any atom is 0.408 e. The summed E-state index contributed by atoms with van der Waals surface area (Å²) in [5.74, 6) is -7.38. The second kappa shape index (κ2) is 13.5. The monoisotopic (exact) mass is 595 g/mol. The van der Waals surface area contributed by atoms with Gasteiger partial charge in [-0.3, -0.25) is 4.79 Å². The van der Waals surface area contributed by atoms with E-state index in [1.807, 2.05) is 13.8 Å². The summed E-state index contributed by atoms with van der Waals surface area (Å²) in [7, 11) is 0. The van der Waals surface area contributed by atoms with Gasteiger partial charge in [-0.2, -0.15) is 8.78 Å². The zero-order valence-electron chi connectivity index (χ0n) is 25.8. The Bertz CT molecular complexity index is 1280. The van der Waals surface area contributed by atoms with Crippen LogP contribution in [0.15, 0.2) is 24.3 Å². The van der Waals surface area contributed by atoms with Crippen LogP contribution in [0.5, 0.6) is 0 Å². The number of nitrogens with one attached hydrogen (secondary N) is 3. The summed E-state index contributed by atoms with van der Waals surface area (Å²) in [6.07, 6.45) is -1.22. The normalized spacial score (nSPS) is 13.8. The Kier molecular flexibility index (Phi) is 11.1. The van der Waals surface area contributed by atoms with Crippen LogP contribution in [0.1, 0.15) is 80.0 Å². The topological polar surface area (TPSA) is 136 Å². The standard InChI is InChI=1S/C30H43F2N3O7/c1-10-40-26(38)30(31,32)23-19(18-13-11-12-14-20(18)33-23)16-21(35-27(39)42-29(7,8)9)24(36)34-22(15-17(2)3)25(37)41-28(4,5)6/h11-14,17,21-22,33H,10,15-16H2,1-9H3,(H,34,36)(H,35,39)/t21?,22-/m0/s1. The van der Waals surface area contributed by atoms with E-state index in [4.69, 9.17) is 9.47 Å². The fraction of sp³-hybridized carbons (Fsp3) is 0.600. The third-order valence-electron chi connectivity index (χ3n) is 5.79. The van der Waals surface area contributed by atoms with Crippen molar-refractivity contribution in [2.24, 2.45) is 5.92 Å². The minimum atomic E-state index is -4.09. The summed E-state index contributed by atoms with van der Waals surface area (Å²) in [5.41, 5.74) is -2.32. The molecule has 3 N–H and O–H groups in total. The Labute approximate surface area is 245 Å². The molecule has 0 aliphatic carbocycles. The highest BCUT2D eigenvalue weighted by Crippen LogP contribution is 2.36. The van der Waals surface area contributed by atoms with E-state index in [9.17, 15) is 19.2 Å². The van der Waals surface area contributed by atoms with E-state index >= 15 is 8.78 Å². The Morgan fingerprint density at radius 1 is 0.905 bits per heavy atom. The lowest BCUT2D eigenvalue weighted by molar-refractivity contribution is -0.173. The fourth-order valence-electron chi connectivity index (χ4n) is 4.20. The van der Waals surface area contributed by atoms with Crippen molar-refractivity contribution >= 4 is 34.8 Å². The van der Waals surface area contributed by atoms with Gasteiger partial charge in [0, 0.05) is 17.3 Å². The highest BCUT2D eigenvalue weighted by molar-refractivity contribution is 5.92. The highest BCUT2D eigenvalue weighted by Gasteiger charge is 2.47. The summed E-state index contributed by atoms with van der Waals surface area (Å²) < 4.78 is 46.2. The molecule has 0 spiro atoms. The van der Waals surface area contributed by atoms with Gasteiger partial charge in [0.2, 0.25) is 5.91 Å². The van der Waals surface area contributed by atoms with Crippen molar-refractivity contribution in [1.29, 1.82) is 0 Å². The third kappa shape index (κ3) is 9.70. The number of hydrogen-bond donors (Lipinski definition) is 3. The number of carbonyl (C=O) groups is 4. The quantitative estimate of drug-likeness (QED) is 0.242. The smallest absolute Gasteiger partial charge is 0.408 e. The van der Waals surface area contributed by atoms with E-state index in [0.717, 1.165) is 0 Å². The predicted octanol–water partition coefficient (Wildman–Crippen LogP) is 5.13. The van der Waals surface area contributed by atoms with Crippen molar-refractivity contribution in [3.05, 3.63) is 35.5 Å². The van der Waals surface area contributed by atoms with E-state index in [0.29, 0.717) is 5.39 Å².